The highest BCUT2D eigenvalue weighted by Gasteiger charge is 2.19. The van der Waals surface area contributed by atoms with Crippen molar-refractivity contribution < 1.29 is 12.8 Å². The molecule has 0 aromatic heterocycles. The lowest BCUT2D eigenvalue weighted by Crippen LogP contribution is -2.52. The van der Waals surface area contributed by atoms with Crippen LogP contribution in [0.3, 0.4) is 0 Å². The Morgan fingerprint density at radius 3 is 2.40 bits per heavy atom. The molecule has 1 N–H and O–H groups in total. The lowest BCUT2D eigenvalue weighted by Gasteiger charge is -2.37. The first-order valence-electron chi connectivity index (χ1n) is 8.60. The van der Waals surface area contributed by atoms with Gasteiger partial charge in [0.1, 0.15) is 15.7 Å². The van der Waals surface area contributed by atoms with Crippen molar-refractivity contribution >= 4 is 21.5 Å². The van der Waals surface area contributed by atoms with E-state index in [-0.39, 0.29) is 11.6 Å². The number of halogens is 1. The van der Waals surface area contributed by atoms with Crippen LogP contribution < -0.4 is 10.2 Å². The summed E-state index contributed by atoms with van der Waals surface area (Å²) in [4.78, 5) is 8.96. The smallest absolute Gasteiger partial charge is 0.194 e. The second kappa shape index (κ2) is 9.03. The van der Waals surface area contributed by atoms with E-state index in [1.54, 1.807) is 12.1 Å². The molecular formula is C17H27FN4O2S. The topological polar surface area (TPSA) is 65.0 Å². The Morgan fingerprint density at radius 2 is 1.84 bits per heavy atom. The average Bonchev–Trinajstić information content (AvgIpc) is 2.58. The van der Waals surface area contributed by atoms with Crippen molar-refractivity contribution in [2.24, 2.45) is 4.99 Å². The van der Waals surface area contributed by atoms with Gasteiger partial charge in [-0.25, -0.2) is 12.8 Å². The maximum Gasteiger partial charge on any atom is 0.194 e. The van der Waals surface area contributed by atoms with E-state index in [1.807, 2.05) is 6.92 Å². The molecule has 0 atom stereocenters. The number of rotatable bonds is 6. The Kier molecular flexibility index (Phi) is 7.04. The minimum atomic E-state index is -2.94. The second-order valence-corrected chi connectivity index (χ2v) is 8.43. The molecule has 8 heteroatoms. The Labute approximate surface area is 149 Å². The third-order valence-electron chi connectivity index (χ3n) is 4.04. The number of piperazine rings is 1. The van der Waals surface area contributed by atoms with Gasteiger partial charge in [-0.3, -0.25) is 4.99 Å². The Bertz CT molecular complexity index is 668. The highest BCUT2D eigenvalue weighted by atomic mass is 32.2. The summed E-state index contributed by atoms with van der Waals surface area (Å²) in [6, 6.07) is 6.56. The molecule has 0 amide bonds. The maximum absolute atomic E-state index is 13.0. The molecule has 1 heterocycles. The van der Waals surface area contributed by atoms with Crippen LogP contribution in [0.4, 0.5) is 10.1 Å². The molecule has 0 aliphatic carbocycles. The van der Waals surface area contributed by atoms with Crippen molar-refractivity contribution in [2.45, 2.75) is 13.3 Å². The van der Waals surface area contributed by atoms with Crippen LogP contribution in [0.1, 0.15) is 13.3 Å². The molecule has 6 nitrogen and oxygen atoms in total. The number of anilines is 1. The van der Waals surface area contributed by atoms with Crippen LogP contribution in [0.15, 0.2) is 29.3 Å². The number of guanidine groups is 1. The molecule has 1 aromatic carbocycles. The number of hydrogen-bond donors (Lipinski definition) is 1. The van der Waals surface area contributed by atoms with Gasteiger partial charge in [-0.05, 0) is 37.6 Å². The minimum absolute atomic E-state index is 0.161. The molecule has 25 heavy (non-hydrogen) atoms. The predicted molar refractivity (Wildman–Crippen MR) is 100 cm³/mol. The Hall–Kier alpha value is -1.83. The molecule has 1 aliphatic heterocycles. The lowest BCUT2D eigenvalue weighted by molar-refractivity contribution is 0.372. The van der Waals surface area contributed by atoms with E-state index in [0.29, 0.717) is 13.0 Å². The molecule has 1 saturated heterocycles. The van der Waals surface area contributed by atoms with Crippen LogP contribution in [-0.4, -0.2) is 70.6 Å². The van der Waals surface area contributed by atoms with Crippen molar-refractivity contribution in [1.82, 2.24) is 10.2 Å². The van der Waals surface area contributed by atoms with Gasteiger partial charge in [-0.1, -0.05) is 0 Å². The van der Waals surface area contributed by atoms with Gasteiger partial charge in [0.15, 0.2) is 5.96 Å². The van der Waals surface area contributed by atoms with Crippen LogP contribution in [0.25, 0.3) is 0 Å². The molecule has 0 bridgehead atoms. The summed E-state index contributed by atoms with van der Waals surface area (Å²) in [6.07, 6.45) is 1.78. The summed E-state index contributed by atoms with van der Waals surface area (Å²) in [5, 5.41) is 3.27. The first kappa shape index (κ1) is 19.5. The van der Waals surface area contributed by atoms with Crippen LogP contribution in [-0.2, 0) is 9.84 Å². The third kappa shape index (κ3) is 6.53. The van der Waals surface area contributed by atoms with E-state index in [4.69, 9.17) is 0 Å². The van der Waals surface area contributed by atoms with Crippen LogP contribution in [0, 0.1) is 5.82 Å². The molecule has 0 unspecified atom stereocenters. The number of sulfone groups is 1. The predicted octanol–water partition coefficient (Wildman–Crippen LogP) is 1.35. The molecule has 1 aromatic rings. The molecule has 1 aliphatic rings. The maximum atomic E-state index is 13.0. The summed E-state index contributed by atoms with van der Waals surface area (Å²) < 4.78 is 35.4. The molecule has 0 saturated carbocycles. The monoisotopic (exact) mass is 370 g/mol. The van der Waals surface area contributed by atoms with Crippen molar-refractivity contribution in [2.75, 3.05) is 56.2 Å². The number of nitrogens with zero attached hydrogens (tertiary/aromatic N) is 3. The number of hydrogen-bond acceptors (Lipinski definition) is 4. The third-order valence-corrected chi connectivity index (χ3v) is 5.07. The molecule has 140 valence electrons. The van der Waals surface area contributed by atoms with Crippen molar-refractivity contribution in [3.8, 4) is 0 Å². The van der Waals surface area contributed by atoms with Gasteiger partial charge in [0, 0.05) is 51.2 Å². The van der Waals surface area contributed by atoms with E-state index in [2.05, 4.69) is 20.1 Å². The fourth-order valence-corrected chi connectivity index (χ4v) is 3.42. The van der Waals surface area contributed by atoms with Gasteiger partial charge in [0.05, 0.1) is 5.75 Å². The first-order valence-corrected chi connectivity index (χ1v) is 10.7. The zero-order chi connectivity index (χ0) is 18.3. The highest BCUT2D eigenvalue weighted by molar-refractivity contribution is 7.90. The standard InChI is InChI=1S/C17H27FN4O2S/c1-3-19-17(20-9-4-14-25(2,23)24)22-12-10-21(11-13-22)16-7-5-15(18)6-8-16/h5-8H,3-4,9-14H2,1-2H3,(H,19,20). The van der Waals surface area contributed by atoms with Crippen LogP contribution in [0.5, 0.6) is 0 Å². The van der Waals surface area contributed by atoms with Gasteiger partial charge >= 0.3 is 0 Å². The van der Waals surface area contributed by atoms with Crippen molar-refractivity contribution in [3.05, 3.63) is 30.1 Å². The molecule has 0 radical (unpaired) electrons. The number of aliphatic imine (C=N–C) groups is 1. The molecule has 1 fully saturated rings. The lowest BCUT2D eigenvalue weighted by atomic mass is 10.2. The summed E-state index contributed by atoms with van der Waals surface area (Å²) in [6.45, 7) is 6.57. The van der Waals surface area contributed by atoms with Gasteiger partial charge in [0.25, 0.3) is 0 Å². The fraction of sp³-hybridized carbons (Fsp3) is 0.588. The van der Waals surface area contributed by atoms with Crippen LogP contribution >= 0.6 is 0 Å². The van der Waals surface area contributed by atoms with Gasteiger partial charge in [-0.15, -0.1) is 0 Å². The average molecular weight is 370 g/mol. The SMILES string of the molecule is CCNC(=NCCCS(C)(=O)=O)N1CCN(c2ccc(F)cc2)CC1. The van der Waals surface area contributed by atoms with Gasteiger partial charge in [0.2, 0.25) is 0 Å². The van der Waals surface area contributed by atoms with Crippen LogP contribution in [0.2, 0.25) is 0 Å². The number of benzene rings is 1. The Balaban J connectivity index is 1.89. The molecule has 0 spiro atoms. The van der Waals surface area contributed by atoms with E-state index >= 15 is 0 Å². The molecule has 2 rings (SSSR count). The van der Waals surface area contributed by atoms with E-state index in [1.165, 1.54) is 18.4 Å². The van der Waals surface area contributed by atoms with E-state index in [9.17, 15) is 12.8 Å². The van der Waals surface area contributed by atoms with E-state index < -0.39 is 9.84 Å². The van der Waals surface area contributed by atoms with Gasteiger partial charge in [-0.2, -0.15) is 0 Å². The number of nitrogens with one attached hydrogen (secondary N) is 1. The highest BCUT2D eigenvalue weighted by Crippen LogP contribution is 2.16. The minimum Gasteiger partial charge on any atom is -0.368 e. The largest absolute Gasteiger partial charge is 0.368 e. The normalized spacial score (nSPS) is 16.2. The van der Waals surface area contributed by atoms with E-state index in [0.717, 1.165) is 44.4 Å². The Morgan fingerprint density at radius 1 is 1.20 bits per heavy atom. The second-order valence-electron chi connectivity index (χ2n) is 6.17. The van der Waals surface area contributed by atoms with Gasteiger partial charge < -0.3 is 15.1 Å². The summed E-state index contributed by atoms with van der Waals surface area (Å²) in [7, 11) is -2.94. The fourth-order valence-electron chi connectivity index (χ4n) is 2.77. The summed E-state index contributed by atoms with van der Waals surface area (Å²) >= 11 is 0. The summed E-state index contributed by atoms with van der Waals surface area (Å²) in [5.41, 5.74) is 1.02. The quantitative estimate of drug-likeness (QED) is 0.465. The van der Waals surface area contributed by atoms with Crippen molar-refractivity contribution in [3.63, 3.8) is 0 Å². The summed E-state index contributed by atoms with van der Waals surface area (Å²) in [5.74, 6) is 0.765. The first-order chi connectivity index (χ1) is 11.9. The zero-order valence-corrected chi connectivity index (χ0v) is 15.7. The van der Waals surface area contributed by atoms with Crippen molar-refractivity contribution in [1.29, 1.82) is 0 Å². The molecular weight excluding hydrogens is 343 g/mol. The zero-order valence-electron chi connectivity index (χ0n) is 14.9.